The van der Waals surface area contributed by atoms with Gasteiger partial charge in [0.1, 0.15) is 0 Å². The fourth-order valence-electron chi connectivity index (χ4n) is 1.47. The van der Waals surface area contributed by atoms with Crippen LogP contribution in [0.25, 0.3) is 0 Å². The zero-order chi connectivity index (χ0) is 8.39. The lowest BCUT2D eigenvalue weighted by molar-refractivity contribution is 0.147. The van der Waals surface area contributed by atoms with Gasteiger partial charge in [0.05, 0.1) is 11.8 Å². The first-order chi connectivity index (χ1) is 5.86. The lowest BCUT2D eigenvalue weighted by atomic mass is 10.0. The minimum atomic E-state index is -0.216. The molecule has 0 spiro atoms. The molecule has 12 heavy (non-hydrogen) atoms. The Morgan fingerprint density at radius 2 is 2.58 bits per heavy atom. The van der Waals surface area contributed by atoms with Gasteiger partial charge in [-0.05, 0) is 18.0 Å². The summed E-state index contributed by atoms with van der Waals surface area (Å²) in [6.07, 6.45) is 0.622. The Kier molecular flexibility index (Phi) is 2.34. The van der Waals surface area contributed by atoms with E-state index in [1.807, 2.05) is 5.38 Å². The van der Waals surface area contributed by atoms with E-state index < -0.39 is 0 Å². The zero-order valence-electron chi connectivity index (χ0n) is 6.60. The van der Waals surface area contributed by atoms with Gasteiger partial charge in [-0.3, -0.25) is 0 Å². The van der Waals surface area contributed by atoms with Crippen molar-refractivity contribution in [2.45, 2.75) is 12.5 Å². The molecule has 1 aliphatic heterocycles. The topological polar surface area (TPSA) is 58.0 Å². The van der Waals surface area contributed by atoms with E-state index in [0.717, 1.165) is 18.7 Å². The smallest absolute Gasteiger partial charge is 0.0759 e. The standard InChI is InChI=1S/C7H11N3OS/c11-7-3-8-2-5(7)1-6-4-12-10-9-6/h4-5,7-8,11H,1-3H2/t5-,7-/m1/s1. The molecule has 0 aliphatic carbocycles. The minimum absolute atomic E-state index is 0.216. The Balaban J connectivity index is 1.95. The monoisotopic (exact) mass is 185 g/mol. The van der Waals surface area contributed by atoms with Crippen LogP contribution in [-0.2, 0) is 6.42 Å². The van der Waals surface area contributed by atoms with Crippen molar-refractivity contribution in [3.05, 3.63) is 11.1 Å². The van der Waals surface area contributed by atoms with Crippen molar-refractivity contribution in [3.63, 3.8) is 0 Å². The van der Waals surface area contributed by atoms with Gasteiger partial charge in [0.15, 0.2) is 0 Å². The summed E-state index contributed by atoms with van der Waals surface area (Å²) >= 11 is 1.36. The number of β-amino-alcohol motifs (C(OH)–C–C–N with tert-alkyl or cyclic N) is 1. The van der Waals surface area contributed by atoms with E-state index in [1.165, 1.54) is 11.5 Å². The van der Waals surface area contributed by atoms with E-state index in [1.54, 1.807) is 0 Å². The van der Waals surface area contributed by atoms with Crippen molar-refractivity contribution in [2.24, 2.45) is 5.92 Å². The number of rotatable bonds is 2. The van der Waals surface area contributed by atoms with Crippen molar-refractivity contribution >= 4 is 11.5 Å². The van der Waals surface area contributed by atoms with Crippen LogP contribution in [0.1, 0.15) is 5.69 Å². The van der Waals surface area contributed by atoms with Gasteiger partial charge in [-0.2, -0.15) is 0 Å². The molecule has 2 atom stereocenters. The summed E-state index contributed by atoms with van der Waals surface area (Å²) in [5.74, 6) is 0.314. The van der Waals surface area contributed by atoms with Crippen molar-refractivity contribution in [1.82, 2.24) is 14.9 Å². The van der Waals surface area contributed by atoms with Gasteiger partial charge in [0.25, 0.3) is 0 Å². The summed E-state index contributed by atoms with van der Waals surface area (Å²) in [7, 11) is 0. The molecule has 1 aromatic rings. The molecule has 1 aliphatic rings. The van der Waals surface area contributed by atoms with Crippen LogP contribution in [0.4, 0.5) is 0 Å². The highest BCUT2D eigenvalue weighted by atomic mass is 32.1. The quantitative estimate of drug-likeness (QED) is 0.662. The normalized spacial score (nSPS) is 29.4. The second-order valence-electron chi connectivity index (χ2n) is 3.09. The molecule has 1 fully saturated rings. The molecule has 0 bridgehead atoms. The van der Waals surface area contributed by atoms with Crippen molar-refractivity contribution in [3.8, 4) is 0 Å². The maximum absolute atomic E-state index is 9.48. The Labute approximate surface area is 74.8 Å². The highest BCUT2D eigenvalue weighted by Crippen LogP contribution is 2.14. The molecular weight excluding hydrogens is 174 g/mol. The maximum Gasteiger partial charge on any atom is 0.0759 e. The minimum Gasteiger partial charge on any atom is -0.391 e. The fraction of sp³-hybridized carbons (Fsp3) is 0.714. The van der Waals surface area contributed by atoms with Crippen LogP contribution >= 0.6 is 11.5 Å². The SMILES string of the molecule is O[C@@H]1CNC[C@H]1Cc1csnn1. The van der Waals surface area contributed by atoms with Crippen LogP contribution < -0.4 is 5.32 Å². The summed E-state index contributed by atoms with van der Waals surface area (Å²) in [6.45, 7) is 1.60. The molecule has 2 heterocycles. The predicted octanol–water partition coefficient (Wildman–Crippen LogP) is -0.339. The third kappa shape index (κ3) is 1.63. The molecule has 0 radical (unpaired) electrons. The number of nitrogens with zero attached hydrogens (tertiary/aromatic N) is 2. The summed E-state index contributed by atoms with van der Waals surface area (Å²) in [5, 5.41) is 18.5. The van der Waals surface area contributed by atoms with E-state index in [2.05, 4.69) is 14.9 Å². The summed E-state index contributed by atoms with van der Waals surface area (Å²) < 4.78 is 3.78. The summed E-state index contributed by atoms with van der Waals surface area (Å²) in [4.78, 5) is 0. The van der Waals surface area contributed by atoms with Gasteiger partial charge in [0, 0.05) is 24.4 Å². The third-order valence-electron chi connectivity index (χ3n) is 2.18. The summed E-state index contributed by atoms with van der Waals surface area (Å²) in [5.41, 5.74) is 0.993. The van der Waals surface area contributed by atoms with E-state index >= 15 is 0 Å². The van der Waals surface area contributed by atoms with Crippen LogP contribution in [-0.4, -0.2) is 33.9 Å². The Morgan fingerprint density at radius 3 is 3.17 bits per heavy atom. The largest absolute Gasteiger partial charge is 0.391 e. The first-order valence-corrected chi connectivity index (χ1v) is 4.84. The van der Waals surface area contributed by atoms with Gasteiger partial charge >= 0.3 is 0 Å². The number of nitrogens with one attached hydrogen (secondary N) is 1. The average Bonchev–Trinajstić information content (AvgIpc) is 2.65. The van der Waals surface area contributed by atoms with Crippen LogP contribution in [0.5, 0.6) is 0 Å². The van der Waals surface area contributed by atoms with Gasteiger partial charge < -0.3 is 10.4 Å². The number of aromatic nitrogens is 2. The number of hydrogen-bond donors (Lipinski definition) is 2. The molecule has 2 rings (SSSR count). The molecule has 0 amide bonds. The van der Waals surface area contributed by atoms with Crippen molar-refractivity contribution in [1.29, 1.82) is 0 Å². The van der Waals surface area contributed by atoms with E-state index in [9.17, 15) is 5.11 Å². The van der Waals surface area contributed by atoms with Crippen LogP contribution in [0.3, 0.4) is 0 Å². The molecule has 66 valence electrons. The number of aliphatic hydroxyl groups excluding tert-OH is 1. The zero-order valence-corrected chi connectivity index (χ0v) is 7.42. The van der Waals surface area contributed by atoms with Gasteiger partial charge in [0.2, 0.25) is 0 Å². The molecule has 0 saturated carbocycles. The van der Waals surface area contributed by atoms with Gasteiger partial charge in [-0.15, -0.1) is 5.10 Å². The molecule has 1 aromatic heterocycles. The molecule has 1 saturated heterocycles. The highest BCUT2D eigenvalue weighted by molar-refractivity contribution is 7.03. The molecule has 4 nitrogen and oxygen atoms in total. The molecule has 0 unspecified atom stereocenters. The van der Waals surface area contributed by atoms with E-state index in [4.69, 9.17) is 0 Å². The van der Waals surface area contributed by atoms with Gasteiger partial charge in [-0.25, -0.2) is 0 Å². The highest BCUT2D eigenvalue weighted by Gasteiger charge is 2.25. The Bertz CT molecular complexity index is 239. The predicted molar refractivity (Wildman–Crippen MR) is 46.0 cm³/mol. The first kappa shape index (κ1) is 8.10. The summed E-state index contributed by atoms with van der Waals surface area (Å²) in [6, 6.07) is 0. The second kappa shape index (κ2) is 3.47. The van der Waals surface area contributed by atoms with Crippen LogP contribution in [0.2, 0.25) is 0 Å². The Hall–Kier alpha value is -0.520. The second-order valence-corrected chi connectivity index (χ2v) is 3.70. The third-order valence-corrected chi connectivity index (χ3v) is 2.73. The van der Waals surface area contributed by atoms with Crippen LogP contribution in [0.15, 0.2) is 5.38 Å². The molecule has 0 aromatic carbocycles. The first-order valence-electron chi connectivity index (χ1n) is 4.01. The Morgan fingerprint density at radius 1 is 1.67 bits per heavy atom. The lowest BCUT2D eigenvalue weighted by Gasteiger charge is -2.09. The lowest BCUT2D eigenvalue weighted by Crippen LogP contribution is -2.20. The molecule has 5 heteroatoms. The van der Waals surface area contributed by atoms with E-state index in [0.29, 0.717) is 12.5 Å². The maximum atomic E-state index is 9.48. The average molecular weight is 185 g/mol. The van der Waals surface area contributed by atoms with Crippen molar-refractivity contribution < 1.29 is 5.11 Å². The molecule has 2 N–H and O–H groups in total. The number of aliphatic hydroxyl groups is 1. The number of hydrogen-bond acceptors (Lipinski definition) is 5. The van der Waals surface area contributed by atoms with Crippen LogP contribution in [0, 0.1) is 5.92 Å². The van der Waals surface area contributed by atoms with Crippen molar-refractivity contribution in [2.75, 3.05) is 13.1 Å². The van der Waals surface area contributed by atoms with Gasteiger partial charge in [-0.1, -0.05) is 4.49 Å². The molecular formula is C7H11N3OS. The fourth-order valence-corrected chi connectivity index (χ4v) is 1.93. The van der Waals surface area contributed by atoms with E-state index in [-0.39, 0.29) is 6.10 Å².